The molecule has 0 aromatic heterocycles. The third-order valence-corrected chi connectivity index (χ3v) is 12.3. The molecule has 0 amide bonds. The zero-order valence-electron chi connectivity index (χ0n) is 41.6. The van der Waals surface area contributed by atoms with Gasteiger partial charge in [0.05, 0.1) is 19.8 Å². The molecule has 68 heavy (non-hydrogen) atoms. The fraction of sp³-hybridized carbons (Fsp3) is 0.811. The van der Waals surface area contributed by atoms with Crippen molar-refractivity contribution >= 4 is 11.9 Å². The molecule has 0 bridgehead atoms. The third kappa shape index (κ3) is 27.7. The predicted octanol–water partition coefficient (Wildman–Crippen LogP) is 7.49. The van der Waals surface area contributed by atoms with Crippen LogP contribution in [0.5, 0.6) is 0 Å². The molecule has 0 aliphatic carbocycles. The Morgan fingerprint density at radius 2 is 0.941 bits per heavy atom. The number of esters is 2. The molecule has 2 aliphatic rings. The molecule has 0 radical (unpaired) electrons. The van der Waals surface area contributed by atoms with Crippen LogP contribution in [0.15, 0.2) is 48.6 Å². The molecule has 0 aromatic carbocycles. The van der Waals surface area contributed by atoms with Gasteiger partial charge in [-0.1, -0.05) is 152 Å². The summed E-state index contributed by atoms with van der Waals surface area (Å²) in [7, 11) is 0. The van der Waals surface area contributed by atoms with Crippen molar-refractivity contribution < 1.29 is 73.8 Å². The van der Waals surface area contributed by atoms with Crippen LogP contribution in [0.2, 0.25) is 0 Å². The zero-order valence-corrected chi connectivity index (χ0v) is 41.6. The summed E-state index contributed by atoms with van der Waals surface area (Å²) in [5, 5.41) is 72.1. The van der Waals surface area contributed by atoms with Crippen molar-refractivity contribution in [2.24, 2.45) is 0 Å². The van der Waals surface area contributed by atoms with Crippen molar-refractivity contribution in [1.29, 1.82) is 0 Å². The summed E-state index contributed by atoms with van der Waals surface area (Å²) in [5.74, 6) is -0.996. The van der Waals surface area contributed by atoms with Gasteiger partial charge < -0.3 is 64.2 Å². The Morgan fingerprint density at radius 3 is 1.51 bits per heavy atom. The van der Waals surface area contributed by atoms with Crippen LogP contribution >= 0.6 is 0 Å². The number of ether oxygens (including phenoxy) is 6. The largest absolute Gasteiger partial charge is 0.462 e. The Hall–Kier alpha value is -2.54. The highest BCUT2D eigenvalue weighted by Gasteiger charge is 2.47. The Balaban J connectivity index is 1.83. The van der Waals surface area contributed by atoms with Gasteiger partial charge in [-0.05, 0) is 64.2 Å². The lowest BCUT2D eigenvalue weighted by Gasteiger charge is -2.42. The van der Waals surface area contributed by atoms with Crippen LogP contribution in [0, 0.1) is 0 Å². The summed E-state index contributed by atoms with van der Waals surface area (Å²) in [4.78, 5) is 25.7. The predicted molar refractivity (Wildman–Crippen MR) is 261 cm³/mol. The minimum absolute atomic E-state index is 0.138. The van der Waals surface area contributed by atoms with Gasteiger partial charge in [-0.25, -0.2) is 0 Å². The summed E-state index contributed by atoms with van der Waals surface area (Å²) >= 11 is 0. The topological polar surface area (TPSA) is 231 Å². The van der Waals surface area contributed by atoms with E-state index in [2.05, 4.69) is 56.4 Å². The number of aliphatic hydroxyl groups excluding tert-OH is 7. The Kier molecular flexibility index (Phi) is 36.3. The Bertz CT molecular complexity index is 1370. The van der Waals surface area contributed by atoms with E-state index < -0.39 is 99.3 Å². The van der Waals surface area contributed by atoms with Crippen LogP contribution in [-0.4, -0.2) is 142 Å². The van der Waals surface area contributed by atoms with Crippen molar-refractivity contribution in [3.8, 4) is 0 Å². The number of aliphatic hydroxyl groups is 7. The first-order valence-electron chi connectivity index (χ1n) is 26.2. The quantitative estimate of drug-likeness (QED) is 0.0137. The van der Waals surface area contributed by atoms with E-state index in [9.17, 15) is 45.3 Å². The lowest BCUT2D eigenvalue weighted by Crippen LogP contribution is -2.61. The molecule has 2 aliphatic heterocycles. The lowest BCUT2D eigenvalue weighted by molar-refractivity contribution is -0.332. The number of hydrogen-bond donors (Lipinski definition) is 7. The molecular formula is C53H92O15. The standard InChI is InChI=1S/C53H92O15/c1-3-5-7-9-11-13-15-17-19-20-22-23-25-27-29-31-33-35-44(55)63-38-41(66-45(56)36-34-32-30-28-26-24-21-18-16-14-12-10-8-6-4-2)39-64-52-51(62)49(60)47(58)43(68-52)40-65-53-50(61)48(59)46(57)42(37-54)67-53/h14,16,18,21-23,27,29,41-43,46-54,57-62H,3-13,15,17,19-20,24-26,28,30-40H2,1-2H3/b16-14+,21-18+,23-22+,29-27+/t41-,42+,43+,46-,47-,48?,49?,50?,51?,52+,53+/m0/s1. The van der Waals surface area contributed by atoms with Crippen LogP contribution in [0.4, 0.5) is 0 Å². The molecule has 11 atom stereocenters. The van der Waals surface area contributed by atoms with Gasteiger partial charge in [0, 0.05) is 12.8 Å². The highest BCUT2D eigenvalue weighted by Crippen LogP contribution is 2.26. The number of carbonyl (C=O) groups is 2. The maximum Gasteiger partial charge on any atom is 0.306 e. The fourth-order valence-corrected chi connectivity index (χ4v) is 7.95. The second-order valence-corrected chi connectivity index (χ2v) is 18.4. The first-order chi connectivity index (χ1) is 33.0. The average Bonchev–Trinajstić information content (AvgIpc) is 3.33. The molecule has 2 rings (SSSR count). The molecule has 4 unspecified atom stereocenters. The Morgan fingerprint density at radius 1 is 0.485 bits per heavy atom. The average molecular weight is 969 g/mol. The molecule has 15 heteroatoms. The van der Waals surface area contributed by atoms with Gasteiger partial charge >= 0.3 is 11.9 Å². The molecule has 15 nitrogen and oxygen atoms in total. The summed E-state index contributed by atoms with van der Waals surface area (Å²) in [6.07, 6.45) is 27.2. The Labute approximate surface area is 408 Å². The van der Waals surface area contributed by atoms with Crippen LogP contribution < -0.4 is 0 Å². The molecule has 2 heterocycles. The monoisotopic (exact) mass is 969 g/mol. The highest BCUT2D eigenvalue weighted by atomic mass is 16.7. The summed E-state index contributed by atoms with van der Waals surface area (Å²) < 4.78 is 33.5. The van der Waals surface area contributed by atoms with Crippen molar-refractivity contribution in [2.75, 3.05) is 26.4 Å². The number of carbonyl (C=O) groups excluding carboxylic acids is 2. The lowest BCUT2D eigenvalue weighted by atomic mass is 9.98. The fourth-order valence-electron chi connectivity index (χ4n) is 7.95. The van der Waals surface area contributed by atoms with Crippen molar-refractivity contribution in [3.63, 3.8) is 0 Å². The number of unbranched alkanes of at least 4 members (excludes halogenated alkanes) is 19. The van der Waals surface area contributed by atoms with Gasteiger partial charge in [-0.15, -0.1) is 0 Å². The van der Waals surface area contributed by atoms with E-state index >= 15 is 0 Å². The first kappa shape index (κ1) is 61.6. The molecule has 2 saturated heterocycles. The molecule has 0 saturated carbocycles. The molecule has 0 aromatic rings. The van der Waals surface area contributed by atoms with Gasteiger partial charge in [0.1, 0.15) is 55.4 Å². The second-order valence-electron chi connectivity index (χ2n) is 18.4. The SMILES string of the molecule is CCCCCC/C=C/C=C/CCCCCCCC(=O)O[C@@H](COC(=O)CCC/C=C/C/C=C/CCCCCCCCCCC)CO[C@@H]1O[C@H](CO[C@@H]2O[C@H](CO)[C@H](O)C(O)C2O)[C@H](O)C(O)C1O. The van der Waals surface area contributed by atoms with Gasteiger partial charge in [0.25, 0.3) is 0 Å². The molecule has 2 fully saturated rings. The minimum atomic E-state index is -1.77. The van der Waals surface area contributed by atoms with E-state index in [1.54, 1.807) is 0 Å². The van der Waals surface area contributed by atoms with Crippen LogP contribution in [0.1, 0.15) is 181 Å². The third-order valence-electron chi connectivity index (χ3n) is 12.3. The highest BCUT2D eigenvalue weighted by molar-refractivity contribution is 5.70. The number of hydrogen-bond acceptors (Lipinski definition) is 15. The zero-order chi connectivity index (χ0) is 49.6. The van der Waals surface area contributed by atoms with Crippen molar-refractivity contribution in [1.82, 2.24) is 0 Å². The van der Waals surface area contributed by atoms with Crippen LogP contribution in [0.3, 0.4) is 0 Å². The van der Waals surface area contributed by atoms with Gasteiger partial charge in [-0.3, -0.25) is 9.59 Å². The first-order valence-corrected chi connectivity index (χ1v) is 26.2. The van der Waals surface area contributed by atoms with Gasteiger partial charge in [0.2, 0.25) is 0 Å². The number of allylic oxidation sites excluding steroid dienone is 8. The summed E-state index contributed by atoms with van der Waals surface area (Å²) in [5.41, 5.74) is 0. The van der Waals surface area contributed by atoms with E-state index in [0.29, 0.717) is 19.3 Å². The van der Waals surface area contributed by atoms with Crippen molar-refractivity contribution in [3.05, 3.63) is 48.6 Å². The maximum atomic E-state index is 13.0. The molecular weight excluding hydrogens is 877 g/mol. The van der Waals surface area contributed by atoms with E-state index in [1.165, 1.54) is 83.5 Å². The summed E-state index contributed by atoms with van der Waals surface area (Å²) in [6.45, 7) is 2.51. The van der Waals surface area contributed by atoms with Gasteiger partial charge in [0.15, 0.2) is 18.7 Å². The minimum Gasteiger partial charge on any atom is -0.462 e. The van der Waals surface area contributed by atoms with Crippen LogP contribution in [-0.2, 0) is 38.0 Å². The normalized spacial score (nSPS) is 26.1. The van der Waals surface area contributed by atoms with E-state index in [0.717, 1.165) is 51.4 Å². The van der Waals surface area contributed by atoms with E-state index in [4.69, 9.17) is 28.4 Å². The maximum absolute atomic E-state index is 13.0. The molecule has 394 valence electrons. The molecule has 0 spiro atoms. The van der Waals surface area contributed by atoms with Gasteiger partial charge in [-0.2, -0.15) is 0 Å². The second kappa shape index (κ2) is 40.1. The molecule has 7 N–H and O–H groups in total. The van der Waals surface area contributed by atoms with E-state index in [1.807, 2.05) is 6.08 Å². The van der Waals surface area contributed by atoms with Crippen LogP contribution in [0.25, 0.3) is 0 Å². The number of rotatable bonds is 40. The summed E-state index contributed by atoms with van der Waals surface area (Å²) in [6, 6.07) is 0. The van der Waals surface area contributed by atoms with Crippen molar-refractivity contribution in [2.45, 2.75) is 248 Å². The van der Waals surface area contributed by atoms with E-state index in [-0.39, 0.29) is 19.4 Å². The smallest absolute Gasteiger partial charge is 0.306 e.